The molecule has 1 N–H and O–H groups in total. The lowest BCUT2D eigenvalue weighted by Gasteiger charge is -2.27. The molecule has 1 aromatic heterocycles. The van der Waals surface area contributed by atoms with Crippen molar-refractivity contribution >= 4 is 23.4 Å². The predicted molar refractivity (Wildman–Crippen MR) is 81.1 cm³/mol. The van der Waals surface area contributed by atoms with Crippen molar-refractivity contribution in [1.29, 1.82) is 0 Å². The molecule has 0 radical (unpaired) electrons. The lowest BCUT2D eigenvalue weighted by molar-refractivity contribution is 0.301. The first-order chi connectivity index (χ1) is 9.14. The number of anilines is 2. The van der Waals surface area contributed by atoms with Crippen molar-refractivity contribution in [3.63, 3.8) is 0 Å². The summed E-state index contributed by atoms with van der Waals surface area (Å²) >= 11 is 6.26. The van der Waals surface area contributed by atoms with Crippen LogP contribution in [0.25, 0.3) is 0 Å². The van der Waals surface area contributed by atoms with Crippen molar-refractivity contribution in [1.82, 2.24) is 9.97 Å². The van der Waals surface area contributed by atoms with Crippen molar-refractivity contribution in [2.75, 3.05) is 29.9 Å². The van der Waals surface area contributed by atoms with Crippen LogP contribution in [0.3, 0.4) is 0 Å². The van der Waals surface area contributed by atoms with Gasteiger partial charge in [0.05, 0.1) is 6.20 Å². The molecule has 0 spiro atoms. The Hall–Kier alpha value is -1.03. The van der Waals surface area contributed by atoms with Gasteiger partial charge < -0.3 is 10.2 Å². The van der Waals surface area contributed by atoms with Crippen LogP contribution in [0.5, 0.6) is 0 Å². The summed E-state index contributed by atoms with van der Waals surface area (Å²) in [5.74, 6) is 1.53. The Bertz CT molecular complexity index is 431. The molecule has 1 aliphatic rings. The van der Waals surface area contributed by atoms with E-state index in [9.17, 15) is 0 Å². The second-order valence-corrected chi connectivity index (χ2v) is 5.68. The highest BCUT2D eigenvalue weighted by atomic mass is 35.5. The number of nitrogens with zero attached hydrogens (tertiary/aromatic N) is 3. The average molecular weight is 283 g/mol. The van der Waals surface area contributed by atoms with E-state index in [-0.39, 0.29) is 0 Å². The first-order valence-electron chi connectivity index (χ1n) is 7.15. The van der Waals surface area contributed by atoms with E-state index in [1.807, 2.05) is 6.92 Å². The molecule has 1 saturated heterocycles. The Kier molecular flexibility index (Phi) is 4.50. The zero-order valence-corrected chi connectivity index (χ0v) is 12.8. The van der Waals surface area contributed by atoms with Gasteiger partial charge in [-0.3, -0.25) is 0 Å². The Morgan fingerprint density at radius 2 is 2.11 bits per heavy atom. The fourth-order valence-electron chi connectivity index (χ4n) is 2.77. The van der Waals surface area contributed by atoms with Gasteiger partial charge in [-0.2, -0.15) is 4.98 Å². The minimum Gasteiger partial charge on any atom is -0.355 e. The van der Waals surface area contributed by atoms with Gasteiger partial charge in [-0.1, -0.05) is 25.4 Å². The maximum Gasteiger partial charge on any atom is 0.224 e. The van der Waals surface area contributed by atoms with Gasteiger partial charge >= 0.3 is 0 Å². The van der Waals surface area contributed by atoms with E-state index < -0.39 is 0 Å². The molecule has 0 saturated carbocycles. The number of hydrogen-bond acceptors (Lipinski definition) is 4. The summed E-state index contributed by atoms with van der Waals surface area (Å²) in [5.41, 5.74) is 0.423. The van der Waals surface area contributed by atoms with Crippen LogP contribution >= 0.6 is 11.6 Å². The number of hydrogen-bond donors (Lipinski definition) is 1. The van der Waals surface area contributed by atoms with Crippen LogP contribution in [0.4, 0.5) is 11.8 Å². The van der Waals surface area contributed by atoms with Crippen molar-refractivity contribution < 1.29 is 0 Å². The van der Waals surface area contributed by atoms with E-state index >= 15 is 0 Å². The standard InChI is InChI=1S/C14H23ClN4/c1-4-14(5-2)7-8-19(10-14)12-11(15)9-17-13(18-12)16-6-3/h9H,4-8,10H2,1-3H3,(H,16,17,18). The topological polar surface area (TPSA) is 41.1 Å². The number of rotatable bonds is 5. The molecule has 1 aromatic rings. The second kappa shape index (κ2) is 5.95. The zero-order valence-electron chi connectivity index (χ0n) is 12.0. The maximum atomic E-state index is 6.26. The SMILES string of the molecule is CCNc1ncc(Cl)c(N2CCC(CC)(CC)C2)n1. The highest BCUT2D eigenvalue weighted by molar-refractivity contribution is 6.32. The van der Waals surface area contributed by atoms with Gasteiger partial charge in [-0.15, -0.1) is 0 Å². The minimum atomic E-state index is 0.423. The van der Waals surface area contributed by atoms with E-state index in [4.69, 9.17) is 11.6 Å². The summed E-state index contributed by atoms with van der Waals surface area (Å²) in [5, 5.41) is 3.78. The summed E-state index contributed by atoms with van der Waals surface area (Å²) in [4.78, 5) is 11.0. The molecule has 0 aromatic carbocycles. The van der Waals surface area contributed by atoms with Crippen molar-refractivity contribution in [2.45, 2.75) is 40.0 Å². The van der Waals surface area contributed by atoms with E-state index in [0.717, 1.165) is 25.5 Å². The largest absolute Gasteiger partial charge is 0.355 e. The molecule has 0 bridgehead atoms. The highest BCUT2D eigenvalue weighted by Gasteiger charge is 2.36. The molecule has 1 fully saturated rings. The molecule has 0 atom stereocenters. The van der Waals surface area contributed by atoms with Crippen LogP contribution in [-0.2, 0) is 0 Å². The molecule has 5 heteroatoms. The third-order valence-electron chi connectivity index (χ3n) is 4.30. The Labute approximate surface area is 120 Å². The molecule has 2 rings (SSSR count). The fraction of sp³-hybridized carbons (Fsp3) is 0.714. The molecule has 2 heterocycles. The van der Waals surface area contributed by atoms with E-state index in [1.54, 1.807) is 6.20 Å². The summed E-state index contributed by atoms with van der Waals surface area (Å²) in [6.45, 7) is 9.48. The normalized spacial score (nSPS) is 17.8. The first-order valence-corrected chi connectivity index (χ1v) is 7.53. The van der Waals surface area contributed by atoms with Crippen LogP contribution in [0.2, 0.25) is 5.02 Å². The number of aromatic nitrogens is 2. The molecule has 19 heavy (non-hydrogen) atoms. The molecular weight excluding hydrogens is 260 g/mol. The molecular formula is C14H23ClN4. The third kappa shape index (κ3) is 2.94. The van der Waals surface area contributed by atoms with Gasteiger partial charge in [0.2, 0.25) is 5.95 Å². The average Bonchev–Trinajstić information content (AvgIpc) is 2.86. The molecule has 0 aliphatic carbocycles. The highest BCUT2D eigenvalue weighted by Crippen LogP contribution is 2.40. The summed E-state index contributed by atoms with van der Waals surface area (Å²) in [7, 11) is 0. The molecule has 4 nitrogen and oxygen atoms in total. The van der Waals surface area contributed by atoms with Crippen LogP contribution in [0, 0.1) is 5.41 Å². The lowest BCUT2D eigenvalue weighted by atomic mass is 9.82. The van der Waals surface area contributed by atoms with Gasteiger partial charge in [0, 0.05) is 19.6 Å². The molecule has 0 unspecified atom stereocenters. The molecule has 106 valence electrons. The van der Waals surface area contributed by atoms with E-state index in [2.05, 4.69) is 34.0 Å². The Morgan fingerprint density at radius 3 is 2.68 bits per heavy atom. The minimum absolute atomic E-state index is 0.423. The quantitative estimate of drug-likeness (QED) is 0.896. The monoisotopic (exact) mass is 282 g/mol. The van der Waals surface area contributed by atoms with Crippen LogP contribution < -0.4 is 10.2 Å². The van der Waals surface area contributed by atoms with Crippen LogP contribution in [-0.4, -0.2) is 29.6 Å². The maximum absolute atomic E-state index is 6.26. The van der Waals surface area contributed by atoms with Gasteiger partial charge in [-0.25, -0.2) is 4.98 Å². The molecule has 1 aliphatic heterocycles. The van der Waals surface area contributed by atoms with Crippen LogP contribution in [0.15, 0.2) is 6.20 Å². The number of halogens is 1. The Morgan fingerprint density at radius 1 is 1.37 bits per heavy atom. The van der Waals surface area contributed by atoms with Gasteiger partial charge in [-0.05, 0) is 31.6 Å². The van der Waals surface area contributed by atoms with E-state index in [0.29, 0.717) is 16.4 Å². The van der Waals surface area contributed by atoms with E-state index in [1.165, 1.54) is 19.3 Å². The van der Waals surface area contributed by atoms with Crippen molar-refractivity contribution in [3.8, 4) is 0 Å². The van der Waals surface area contributed by atoms with Crippen molar-refractivity contribution in [2.24, 2.45) is 5.41 Å². The van der Waals surface area contributed by atoms with Gasteiger partial charge in [0.1, 0.15) is 5.02 Å². The lowest BCUT2D eigenvalue weighted by Crippen LogP contribution is -2.27. The molecule has 0 amide bonds. The van der Waals surface area contributed by atoms with Crippen molar-refractivity contribution in [3.05, 3.63) is 11.2 Å². The third-order valence-corrected chi connectivity index (χ3v) is 4.56. The summed E-state index contributed by atoms with van der Waals surface area (Å²) < 4.78 is 0. The summed E-state index contributed by atoms with van der Waals surface area (Å²) in [6.07, 6.45) is 5.34. The van der Waals surface area contributed by atoms with Crippen LogP contribution in [0.1, 0.15) is 40.0 Å². The second-order valence-electron chi connectivity index (χ2n) is 5.27. The first kappa shape index (κ1) is 14.4. The zero-order chi connectivity index (χ0) is 13.9. The smallest absolute Gasteiger partial charge is 0.224 e. The Balaban J connectivity index is 2.21. The predicted octanol–water partition coefficient (Wildman–Crippen LogP) is 3.58. The fourth-order valence-corrected chi connectivity index (χ4v) is 2.98. The van der Waals surface area contributed by atoms with Gasteiger partial charge in [0.25, 0.3) is 0 Å². The van der Waals surface area contributed by atoms with Gasteiger partial charge in [0.15, 0.2) is 5.82 Å². The number of nitrogens with one attached hydrogen (secondary N) is 1. The summed E-state index contributed by atoms with van der Waals surface area (Å²) in [6, 6.07) is 0.